The number of hydrogen-bond donors (Lipinski definition) is 1. The highest BCUT2D eigenvalue weighted by molar-refractivity contribution is 7.89. The van der Waals surface area contributed by atoms with Crippen molar-refractivity contribution in [2.75, 3.05) is 0 Å². The molecule has 7 heteroatoms. The van der Waals surface area contributed by atoms with Crippen LogP contribution in [0.5, 0.6) is 0 Å². The largest absolute Gasteiger partial charge is 0.255 e. The van der Waals surface area contributed by atoms with Crippen molar-refractivity contribution < 1.29 is 8.42 Å². The maximum atomic E-state index is 12.7. The fourth-order valence-corrected chi connectivity index (χ4v) is 5.28. The molecule has 1 N–H and O–H groups in total. The summed E-state index contributed by atoms with van der Waals surface area (Å²) in [6, 6.07) is 5.92. The lowest BCUT2D eigenvalue weighted by atomic mass is 9.89. The topological polar surface area (TPSA) is 64.0 Å². The van der Waals surface area contributed by atoms with E-state index in [0.29, 0.717) is 5.69 Å². The van der Waals surface area contributed by atoms with Gasteiger partial charge in [0.25, 0.3) is 0 Å². The molecule has 1 heterocycles. The summed E-state index contributed by atoms with van der Waals surface area (Å²) in [6.07, 6.45) is 4.60. The number of halogens is 1. The molecular weight excluding hydrogens is 346 g/mol. The second kappa shape index (κ2) is 6.50. The van der Waals surface area contributed by atoms with E-state index in [1.165, 1.54) is 28.7 Å². The highest BCUT2D eigenvalue weighted by atomic mass is 35.5. The van der Waals surface area contributed by atoms with Gasteiger partial charge in [0.05, 0.1) is 5.69 Å². The van der Waals surface area contributed by atoms with E-state index in [4.69, 9.17) is 11.6 Å². The van der Waals surface area contributed by atoms with Gasteiger partial charge in [-0.2, -0.15) is 5.10 Å². The Morgan fingerprint density at radius 3 is 2.54 bits per heavy atom. The van der Waals surface area contributed by atoms with Crippen LogP contribution in [0.25, 0.3) is 0 Å². The molecule has 3 rings (SSSR count). The zero-order valence-electron chi connectivity index (χ0n) is 14.1. The molecule has 0 saturated heterocycles. The summed E-state index contributed by atoms with van der Waals surface area (Å²) < 4.78 is 29.5. The lowest BCUT2D eigenvalue weighted by Gasteiger charge is -2.20. The Labute approximate surface area is 148 Å². The van der Waals surface area contributed by atoms with Gasteiger partial charge < -0.3 is 0 Å². The first-order chi connectivity index (χ1) is 11.3. The van der Waals surface area contributed by atoms with E-state index >= 15 is 0 Å². The molecule has 1 aromatic carbocycles. The molecule has 0 bridgehead atoms. The summed E-state index contributed by atoms with van der Waals surface area (Å²) in [6.45, 7) is 3.49. The number of rotatable bonds is 4. The Morgan fingerprint density at radius 1 is 1.25 bits per heavy atom. The third-order valence-electron chi connectivity index (χ3n) is 4.57. The average Bonchev–Trinajstić information content (AvgIpc) is 2.79. The first-order valence-electron chi connectivity index (χ1n) is 8.12. The van der Waals surface area contributed by atoms with Crippen LogP contribution in [-0.2, 0) is 29.9 Å². The van der Waals surface area contributed by atoms with Gasteiger partial charge in [-0.3, -0.25) is 4.68 Å². The first-order valence-corrected chi connectivity index (χ1v) is 9.99. The highest BCUT2D eigenvalue weighted by Crippen LogP contribution is 2.28. The fourth-order valence-electron chi connectivity index (χ4n) is 3.30. The number of aryl methyl sites for hydroxylation is 4. The third-order valence-corrected chi connectivity index (χ3v) is 6.81. The van der Waals surface area contributed by atoms with Gasteiger partial charge in [0.1, 0.15) is 10.0 Å². The van der Waals surface area contributed by atoms with Gasteiger partial charge in [0.2, 0.25) is 10.0 Å². The van der Waals surface area contributed by atoms with Crippen LogP contribution in [0.15, 0.2) is 23.1 Å². The van der Waals surface area contributed by atoms with Gasteiger partial charge in [0.15, 0.2) is 0 Å². The van der Waals surface area contributed by atoms with Crippen molar-refractivity contribution in [2.24, 2.45) is 7.05 Å². The van der Waals surface area contributed by atoms with Crippen molar-refractivity contribution in [2.45, 2.75) is 50.5 Å². The monoisotopic (exact) mass is 367 g/mol. The minimum absolute atomic E-state index is 0.0523. The fraction of sp³-hybridized carbons (Fsp3) is 0.471. The van der Waals surface area contributed by atoms with E-state index in [1.807, 2.05) is 13.0 Å². The van der Waals surface area contributed by atoms with E-state index < -0.39 is 10.0 Å². The van der Waals surface area contributed by atoms with Gasteiger partial charge >= 0.3 is 0 Å². The molecule has 0 radical (unpaired) electrons. The van der Waals surface area contributed by atoms with Crippen molar-refractivity contribution in [3.63, 3.8) is 0 Å². The van der Waals surface area contributed by atoms with Gasteiger partial charge in [-0.1, -0.05) is 29.8 Å². The lowest BCUT2D eigenvalue weighted by Crippen LogP contribution is -2.27. The number of sulfonamides is 1. The Kier molecular flexibility index (Phi) is 4.73. The minimum atomic E-state index is -3.73. The average molecular weight is 368 g/mol. The Hall–Kier alpha value is -1.37. The van der Waals surface area contributed by atoms with Gasteiger partial charge in [-0.15, -0.1) is 0 Å². The van der Waals surface area contributed by atoms with Crippen molar-refractivity contribution in [3.8, 4) is 0 Å². The van der Waals surface area contributed by atoms with E-state index in [-0.39, 0.29) is 16.1 Å². The standard InChI is InChI=1S/C17H22ClN3O2S/c1-11(14-9-8-13-6-4-5-7-15(13)10-14)20-24(22,23)16-12(2)19-21(3)17(16)18/h8-11,20H,4-7H2,1-3H3. The predicted molar refractivity (Wildman–Crippen MR) is 94.8 cm³/mol. The Balaban J connectivity index is 1.87. The number of fused-ring (bicyclic) bond motifs is 1. The molecule has 0 fully saturated rings. The normalized spacial score (nSPS) is 16.0. The molecule has 1 atom stereocenters. The molecule has 0 saturated carbocycles. The molecule has 5 nitrogen and oxygen atoms in total. The molecule has 130 valence electrons. The van der Waals surface area contributed by atoms with Gasteiger partial charge in [-0.25, -0.2) is 13.1 Å². The van der Waals surface area contributed by atoms with E-state index in [2.05, 4.69) is 22.0 Å². The van der Waals surface area contributed by atoms with Crippen LogP contribution < -0.4 is 4.72 Å². The number of nitrogens with zero attached hydrogens (tertiary/aromatic N) is 2. The van der Waals surface area contributed by atoms with Gasteiger partial charge in [0, 0.05) is 13.1 Å². The Bertz CT molecular complexity index is 874. The summed E-state index contributed by atoms with van der Waals surface area (Å²) in [5.74, 6) is 0. The zero-order valence-corrected chi connectivity index (χ0v) is 15.7. The third kappa shape index (κ3) is 3.23. The predicted octanol–water partition coefficient (Wildman–Crippen LogP) is 3.30. The van der Waals surface area contributed by atoms with E-state index in [1.54, 1.807) is 14.0 Å². The second-order valence-corrected chi connectivity index (χ2v) is 8.42. The molecular formula is C17H22ClN3O2S. The van der Waals surface area contributed by atoms with Crippen LogP contribution in [-0.4, -0.2) is 18.2 Å². The molecule has 0 aliphatic heterocycles. The summed E-state index contributed by atoms with van der Waals surface area (Å²) in [5.41, 5.74) is 4.08. The molecule has 24 heavy (non-hydrogen) atoms. The van der Waals surface area contributed by atoms with Crippen molar-refractivity contribution in [3.05, 3.63) is 45.7 Å². The number of hydrogen-bond acceptors (Lipinski definition) is 3. The Morgan fingerprint density at radius 2 is 1.92 bits per heavy atom. The first kappa shape index (κ1) is 17.5. The van der Waals surface area contributed by atoms with Crippen molar-refractivity contribution in [1.29, 1.82) is 0 Å². The van der Waals surface area contributed by atoms with Crippen molar-refractivity contribution >= 4 is 21.6 Å². The van der Waals surface area contributed by atoms with Gasteiger partial charge in [-0.05, 0) is 56.2 Å². The van der Waals surface area contributed by atoms with Crippen LogP contribution in [0.1, 0.15) is 48.2 Å². The van der Waals surface area contributed by atoms with Crippen LogP contribution in [0.4, 0.5) is 0 Å². The number of benzene rings is 1. The van der Waals surface area contributed by atoms with E-state index in [0.717, 1.165) is 18.4 Å². The second-order valence-electron chi connectivity index (χ2n) is 6.41. The highest BCUT2D eigenvalue weighted by Gasteiger charge is 2.27. The summed E-state index contributed by atoms with van der Waals surface area (Å²) in [4.78, 5) is 0.0523. The van der Waals surface area contributed by atoms with Crippen LogP contribution in [0.2, 0.25) is 5.15 Å². The molecule has 1 aliphatic rings. The number of aromatic nitrogens is 2. The SMILES string of the molecule is Cc1nn(C)c(Cl)c1S(=O)(=O)NC(C)c1ccc2c(c1)CCCC2. The summed E-state index contributed by atoms with van der Waals surface area (Å²) >= 11 is 6.10. The quantitative estimate of drug-likeness (QED) is 0.901. The van der Waals surface area contributed by atoms with Crippen molar-refractivity contribution in [1.82, 2.24) is 14.5 Å². The summed E-state index contributed by atoms with van der Waals surface area (Å²) in [7, 11) is -2.11. The lowest BCUT2D eigenvalue weighted by molar-refractivity contribution is 0.566. The van der Waals surface area contributed by atoms with Crippen LogP contribution >= 0.6 is 11.6 Å². The molecule has 2 aromatic rings. The maximum absolute atomic E-state index is 12.7. The summed E-state index contributed by atoms with van der Waals surface area (Å²) in [5, 5.41) is 4.20. The molecule has 1 aromatic heterocycles. The zero-order chi connectivity index (χ0) is 17.5. The molecule has 0 amide bonds. The van der Waals surface area contributed by atoms with Crippen LogP contribution in [0.3, 0.4) is 0 Å². The molecule has 0 spiro atoms. The van der Waals surface area contributed by atoms with Crippen LogP contribution in [0, 0.1) is 6.92 Å². The molecule has 1 aliphatic carbocycles. The molecule has 1 unspecified atom stereocenters. The number of nitrogens with one attached hydrogen (secondary N) is 1. The van der Waals surface area contributed by atoms with E-state index in [9.17, 15) is 8.42 Å². The minimum Gasteiger partial charge on any atom is -0.255 e. The smallest absolute Gasteiger partial charge is 0.246 e. The maximum Gasteiger partial charge on any atom is 0.246 e.